The second-order valence-electron chi connectivity index (χ2n) is 16.0. The minimum atomic E-state index is -0.541. The van der Waals surface area contributed by atoms with E-state index in [1.165, 1.54) is 49.9 Å². The summed E-state index contributed by atoms with van der Waals surface area (Å²) in [7, 11) is 0. The quantitative estimate of drug-likeness (QED) is 0.160. The van der Waals surface area contributed by atoms with Gasteiger partial charge in [-0.1, -0.05) is 188 Å². The zero-order chi connectivity index (χ0) is 40.3. The normalized spacial score (nSPS) is 12.7. The summed E-state index contributed by atoms with van der Waals surface area (Å²) in [6, 6.07) is 86.1. The van der Waals surface area contributed by atoms with Gasteiger partial charge in [0.15, 0.2) is 0 Å². The van der Waals surface area contributed by atoms with Crippen LogP contribution in [0.25, 0.3) is 66.1 Å². The van der Waals surface area contributed by atoms with Crippen molar-refractivity contribution in [3.63, 3.8) is 0 Å². The predicted molar refractivity (Wildman–Crippen MR) is 254 cm³/mol. The summed E-state index contributed by atoms with van der Waals surface area (Å²) in [5.74, 6) is 0. The Hall–Kier alpha value is -7.94. The van der Waals surface area contributed by atoms with Crippen molar-refractivity contribution in [1.82, 2.24) is 0 Å². The molecular weight excluding hydrogens is 739 g/mol. The Labute approximate surface area is 355 Å². The molecule has 10 aromatic carbocycles. The molecule has 0 unspecified atom stereocenters. The lowest BCUT2D eigenvalue weighted by Gasteiger charge is -2.35. The number of anilines is 3. The minimum Gasteiger partial charge on any atom is -0.456 e. The third kappa shape index (κ3) is 5.57. The topological polar surface area (TPSA) is 16.4 Å². The molecule has 0 saturated heterocycles. The van der Waals surface area contributed by atoms with E-state index in [9.17, 15) is 0 Å². The molecule has 1 heterocycles. The Kier molecular flexibility index (Phi) is 8.11. The standard InChI is InChI=1S/C59H39NO/c1-5-17-40(18-6-1)41-29-31-47(32-30-41)60(56-39-58-53(38-51(56)42-19-7-2-8-20-42)52-35-43-21-13-14-22-44(43)36-57(52)61-58)48-33-34-50-49-27-15-16-28-54(49)59(55(50)37-48,45-23-9-3-10-24-45)46-25-11-4-12-26-46/h1-39H. The molecule has 0 saturated carbocycles. The van der Waals surface area contributed by atoms with Crippen LogP contribution in [-0.2, 0) is 5.41 Å². The van der Waals surface area contributed by atoms with Crippen molar-refractivity contribution in [2.75, 3.05) is 4.90 Å². The number of fused-ring (bicyclic) bond motifs is 7. The molecule has 0 spiro atoms. The van der Waals surface area contributed by atoms with Crippen LogP contribution in [0.2, 0.25) is 0 Å². The third-order valence-corrected chi connectivity index (χ3v) is 12.7. The summed E-state index contributed by atoms with van der Waals surface area (Å²) in [6.45, 7) is 0. The molecule has 12 rings (SSSR count). The number of rotatable bonds is 7. The van der Waals surface area contributed by atoms with Crippen LogP contribution in [0.4, 0.5) is 17.1 Å². The largest absolute Gasteiger partial charge is 0.456 e. The van der Waals surface area contributed by atoms with Gasteiger partial charge in [0.2, 0.25) is 0 Å². The Morgan fingerprint density at radius 1 is 0.328 bits per heavy atom. The van der Waals surface area contributed by atoms with E-state index in [0.29, 0.717) is 0 Å². The fourth-order valence-electron chi connectivity index (χ4n) is 9.96. The number of hydrogen-bond acceptors (Lipinski definition) is 2. The Bertz CT molecular complexity index is 3350. The lowest BCUT2D eigenvalue weighted by atomic mass is 9.67. The maximum absolute atomic E-state index is 6.83. The van der Waals surface area contributed by atoms with Crippen LogP contribution in [0.5, 0.6) is 0 Å². The Balaban J connectivity index is 1.15. The Morgan fingerprint density at radius 2 is 0.836 bits per heavy atom. The van der Waals surface area contributed by atoms with Crippen LogP contribution in [0.1, 0.15) is 22.3 Å². The maximum atomic E-state index is 6.83. The molecule has 0 N–H and O–H groups in total. The van der Waals surface area contributed by atoms with E-state index >= 15 is 0 Å². The third-order valence-electron chi connectivity index (χ3n) is 12.7. The molecule has 11 aromatic rings. The van der Waals surface area contributed by atoms with Gasteiger partial charge in [-0.3, -0.25) is 0 Å². The van der Waals surface area contributed by atoms with Crippen LogP contribution in [0, 0.1) is 0 Å². The lowest BCUT2D eigenvalue weighted by molar-refractivity contribution is 0.669. The molecule has 61 heavy (non-hydrogen) atoms. The average Bonchev–Trinajstić information content (AvgIpc) is 3.84. The highest BCUT2D eigenvalue weighted by molar-refractivity contribution is 6.13. The van der Waals surface area contributed by atoms with Crippen molar-refractivity contribution in [3.8, 4) is 33.4 Å². The van der Waals surface area contributed by atoms with Crippen LogP contribution in [0.3, 0.4) is 0 Å². The molecule has 1 aromatic heterocycles. The SMILES string of the molecule is c1ccc(-c2ccc(N(c3ccc4c(c3)C(c3ccccc3)(c3ccccc3)c3ccccc3-4)c3cc4oc5cc6ccccc6cc5c4cc3-c3ccccc3)cc2)cc1. The van der Waals surface area contributed by atoms with Gasteiger partial charge in [0, 0.05) is 33.8 Å². The van der Waals surface area contributed by atoms with Crippen LogP contribution < -0.4 is 4.90 Å². The number of hydrogen-bond donors (Lipinski definition) is 0. The molecule has 2 nitrogen and oxygen atoms in total. The molecule has 0 aliphatic heterocycles. The summed E-state index contributed by atoms with van der Waals surface area (Å²) in [4.78, 5) is 2.43. The summed E-state index contributed by atoms with van der Waals surface area (Å²) in [5, 5.41) is 4.57. The van der Waals surface area contributed by atoms with E-state index in [-0.39, 0.29) is 0 Å². The molecule has 0 amide bonds. The van der Waals surface area contributed by atoms with Crippen molar-refractivity contribution in [2.45, 2.75) is 5.41 Å². The molecule has 286 valence electrons. The lowest BCUT2D eigenvalue weighted by Crippen LogP contribution is -2.28. The molecule has 2 heteroatoms. The molecule has 1 aliphatic carbocycles. The van der Waals surface area contributed by atoms with E-state index in [4.69, 9.17) is 4.42 Å². The van der Waals surface area contributed by atoms with Crippen molar-refractivity contribution >= 4 is 49.8 Å². The molecular formula is C59H39NO. The molecule has 0 atom stereocenters. The van der Waals surface area contributed by atoms with Crippen molar-refractivity contribution in [1.29, 1.82) is 0 Å². The van der Waals surface area contributed by atoms with Gasteiger partial charge in [-0.2, -0.15) is 0 Å². The average molecular weight is 778 g/mol. The monoisotopic (exact) mass is 777 g/mol. The first-order valence-electron chi connectivity index (χ1n) is 21.0. The molecule has 0 bridgehead atoms. The highest BCUT2D eigenvalue weighted by Crippen LogP contribution is 2.57. The zero-order valence-corrected chi connectivity index (χ0v) is 33.4. The first kappa shape index (κ1) is 35.0. The van der Waals surface area contributed by atoms with Gasteiger partial charge < -0.3 is 9.32 Å². The number of benzene rings is 10. The van der Waals surface area contributed by atoms with Gasteiger partial charge in [0.25, 0.3) is 0 Å². The van der Waals surface area contributed by atoms with E-state index in [1.54, 1.807) is 0 Å². The second kappa shape index (κ2) is 14.1. The van der Waals surface area contributed by atoms with Crippen molar-refractivity contribution in [2.24, 2.45) is 0 Å². The van der Waals surface area contributed by atoms with Crippen LogP contribution >= 0.6 is 0 Å². The summed E-state index contributed by atoms with van der Waals surface area (Å²) < 4.78 is 6.83. The van der Waals surface area contributed by atoms with Gasteiger partial charge in [-0.15, -0.1) is 0 Å². The van der Waals surface area contributed by atoms with Gasteiger partial charge in [-0.25, -0.2) is 0 Å². The predicted octanol–water partition coefficient (Wildman–Crippen LogP) is 15.9. The highest BCUT2D eigenvalue weighted by Gasteiger charge is 2.46. The molecule has 0 fully saturated rings. The van der Waals surface area contributed by atoms with Crippen LogP contribution in [-0.4, -0.2) is 0 Å². The van der Waals surface area contributed by atoms with E-state index in [0.717, 1.165) is 55.5 Å². The summed E-state index contributed by atoms with van der Waals surface area (Å²) in [6.07, 6.45) is 0. The molecule has 1 aliphatic rings. The van der Waals surface area contributed by atoms with Crippen molar-refractivity contribution in [3.05, 3.63) is 259 Å². The van der Waals surface area contributed by atoms with E-state index in [1.807, 2.05) is 0 Å². The van der Waals surface area contributed by atoms with Gasteiger partial charge in [0.1, 0.15) is 11.2 Å². The van der Waals surface area contributed by atoms with E-state index < -0.39 is 5.41 Å². The van der Waals surface area contributed by atoms with E-state index in [2.05, 4.69) is 241 Å². The first-order chi connectivity index (χ1) is 30.2. The smallest absolute Gasteiger partial charge is 0.137 e. The summed E-state index contributed by atoms with van der Waals surface area (Å²) in [5.41, 5.74) is 16.5. The fourth-order valence-corrected chi connectivity index (χ4v) is 9.96. The number of furan rings is 1. The maximum Gasteiger partial charge on any atom is 0.137 e. The zero-order valence-electron chi connectivity index (χ0n) is 33.4. The first-order valence-corrected chi connectivity index (χ1v) is 21.0. The van der Waals surface area contributed by atoms with Crippen LogP contribution in [0.15, 0.2) is 241 Å². The van der Waals surface area contributed by atoms with Gasteiger partial charge >= 0.3 is 0 Å². The Morgan fingerprint density at radius 3 is 1.52 bits per heavy atom. The fraction of sp³-hybridized carbons (Fsp3) is 0.0169. The highest BCUT2D eigenvalue weighted by atomic mass is 16.3. The number of nitrogens with zero attached hydrogens (tertiary/aromatic N) is 1. The van der Waals surface area contributed by atoms with Gasteiger partial charge in [0.05, 0.1) is 11.1 Å². The second-order valence-corrected chi connectivity index (χ2v) is 16.0. The summed E-state index contributed by atoms with van der Waals surface area (Å²) >= 11 is 0. The van der Waals surface area contributed by atoms with Crippen molar-refractivity contribution < 1.29 is 4.42 Å². The van der Waals surface area contributed by atoms with Gasteiger partial charge in [-0.05, 0) is 103 Å². The molecule has 0 radical (unpaired) electrons. The minimum absolute atomic E-state index is 0.541.